The molecule has 0 radical (unpaired) electrons. The van der Waals surface area contributed by atoms with E-state index in [0.717, 1.165) is 19.3 Å². The molecule has 0 rings (SSSR count). The molecule has 0 saturated carbocycles. The van der Waals surface area contributed by atoms with Gasteiger partial charge in [-0.15, -0.1) is 0 Å². The van der Waals surface area contributed by atoms with E-state index < -0.39 is 8.80 Å². The first-order chi connectivity index (χ1) is 7.35. The van der Waals surface area contributed by atoms with E-state index in [1.54, 1.807) is 21.3 Å². The molecule has 1 atom stereocenters. The lowest BCUT2D eigenvalue weighted by atomic mass is 9.89. The van der Waals surface area contributed by atoms with Crippen LogP contribution in [0.15, 0.2) is 0 Å². The molecule has 3 nitrogen and oxygen atoms in total. The highest BCUT2D eigenvalue weighted by molar-refractivity contribution is 6.62. The lowest BCUT2D eigenvalue weighted by Crippen LogP contribution is -2.48. The van der Waals surface area contributed by atoms with E-state index in [4.69, 9.17) is 13.3 Å². The van der Waals surface area contributed by atoms with Gasteiger partial charge in [-0.05, 0) is 18.3 Å². The molecule has 0 saturated heterocycles. The standard InChI is InChI=1S/C12H28O3Si/c1-8-9-11(10-12(2,3)4)16(13-5,14-6)15-7/h11H,8-10H2,1-7H3. The molecule has 0 aromatic heterocycles. The van der Waals surface area contributed by atoms with Gasteiger partial charge in [0, 0.05) is 26.9 Å². The van der Waals surface area contributed by atoms with Crippen molar-refractivity contribution >= 4 is 8.80 Å². The average molecular weight is 248 g/mol. The summed E-state index contributed by atoms with van der Waals surface area (Å²) in [4.78, 5) is 0. The van der Waals surface area contributed by atoms with Gasteiger partial charge in [0.25, 0.3) is 0 Å². The second kappa shape index (κ2) is 6.74. The maximum Gasteiger partial charge on any atom is 0.503 e. The molecule has 0 aromatic carbocycles. The van der Waals surface area contributed by atoms with Crippen LogP contribution in [-0.2, 0) is 13.3 Å². The largest absolute Gasteiger partial charge is 0.503 e. The van der Waals surface area contributed by atoms with E-state index in [1.807, 2.05) is 0 Å². The van der Waals surface area contributed by atoms with E-state index in [2.05, 4.69) is 27.7 Å². The van der Waals surface area contributed by atoms with E-state index in [9.17, 15) is 0 Å². The molecule has 0 fully saturated rings. The normalized spacial score (nSPS) is 15.2. The molecule has 0 aliphatic rings. The minimum Gasteiger partial charge on any atom is -0.377 e. The van der Waals surface area contributed by atoms with Gasteiger partial charge in [-0.2, -0.15) is 0 Å². The van der Waals surface area contributed by atoms with Gasteiger partial charge in [0.05, 0.1) is 0 Å². The Morgan fingerprint density at radius 1 is 1.00 bits per heavy atom. The predicted molar refractivity (Wildman–Crippen MR) is 69.5 cm³/mol. The van der Waals surface area contributed by atoms with E-state index in [1.165, 1.54) is 0 Å². The first kappa shape index (κ1) is 16.1. The van der Waals surface area contributed by atoms with Crippen LogP contribution in [0.2, 0.25) is 5.54 Å². The molecular weight excluding hydrogens is 220 g/mol. The smallest absolute Gasteiger partial charge is 0.377 e. The maximum absolute atomic E-state index is 5.59. The van der Waals surface area contributed by atoms with Crippen LogP contribution in [0.25, 0.3) is 0 Å². The zero-order chi connectivity index (χ0) is 12.8. The van der Waals surface area contributed by atoms with Crippen molar-refractivity contribution in [3.63, 3.8) is 0 Å². The lowest BCUT2D eigenvalue weighted by molar-refractivity contribution is 0.101. The first-order valence-electron chi connectivity index (χ1n) is 6.00. The van der Waals surface area contributed by atoms with Crippen molar-refractivity contribution in [2.45, 2.75) is 52.5 Å². The quantitative estimate of drug-likeness (QED) is 0.646. The topological polar surface area (TPSA) is 27.7 Å². The summed E-state index contributed by atoms with van der Waals surface area (Å²) in [5.74, 6) is 0. The molecule has 0 aliphatic carbocycles. The summed E-state index contributed by atoms with van der Waals surface area (Å²) >= 11 is 0. The van der Waals surface area contributed by atoms with Gasteiger partial charge < -0.3 is 13.3 Å². The van der Waals surface area contributed by atoms with Crippen LogP contribution >= 0.6 is 0 Å². The molecular formula is C12H28O3Si. The number of rotatable bonds is 7. The van der Waals surface area contributed by atoms with Crippen LogP contribution in [0.5, 0.6) is 0 Å². The van der Waals surface area contributed by atoms with Crippen LogP contribution in [-0.4, -0.2) is 30.1 Å². The van der Waals surface area contributed by atoms with Crippen molar-refractivity contribution in [1.29, 1.82) is 0 Å². The van der Waals surface area contributed by atoms with Crippen molar-refractivity contribution in [3.05, 3.63) is 0 Å². The minimum absolute atomic E-state index is 0.272. The van der Waals surface area contributed by atoms with E-state index in [-0.39, 0.29) is 5.41 Å². The van der Waals surface area contributed by atoms with Gasteiger partial charge >= 0.3 is 8.80 Å². The summed E-state index contributed by atoms with van der Waals surface area (Å²) in [5.41, 5.74) is 0.658. The second-order valence-electron chi connectivity index (χ2n) is 5.47. The van der Waals surface area contributed by atoms with E-state index in [0.29, 0.717) is 5.54 Å². The van der Waals surface area contributed by atoms with Crippen LogP contribution < -0.4 is 0 Å². The highest BCUT2D eigenvalue weighted by Crippen LogP contribution is 2.38. The first-order valence-corrected chi connectivity index (χ1v) is 7.81. The Morgan fingerprint density at radius 3 is 1.69 bits per heavy atom. The molecule has 1 unspecified atom stereocenters. The Labute approximate surface area is 102 Å². The molecule has 0 amide bonds. The van der Waals surface area contributed by atoms with Crippen LogP contribution in [0.3, 0.4) is 0 Å². The molecule has 0 heterocycles. The molecule has 0 aromatic rings. The van der Waals surface area contributed by atoms with Crippen LogP contribution in [0.1, 0.15) is 47.0 Å². The third kappa shape index (κ3) is 4.53. The Morgan fingerprint density at radius 2 is 1.44 bits per heavy atom. The molecule has 4 heteroatoms. The van der Waals surface area contributed by atoms with Gasteiger partial charge in [-0.1, -0.05) is 34.1 Å². The highest BCUT2D eigenvalue weighted by Gasteiger charge is 2.47. The van der Waals surface area contributed by atoms with Gasteiger partial charge in [0.2, 0.25) is 0 Å². The van der Waals surface area contributed by atoms with Gasteiger partial charge in [-0.25, -0.2) is 0 Å². The Hall–Kier alpha value is 0.0969. The third-order valence-electron chi connectivity index (χ3n) is 2.85. The zero-order valence-electron chi connectivity index (χ0n) is 11.9. The summed E-state index contributed by atoms with van der Waals surface area (Å²) in [6, 6.07) is 0. The van der Waals surface area contributed by atoms with E-state index >= 15 is 0 Å². The predicted octanol–water partition coefficient (Wildman–Crippen LogP) is 3.47. The lowest BCUT2D eigenvalue weighted by Gasteiger charge is -2.35. The molecule has 0 spiro atoms. The fourth-order valence-electron chi connectivity index (χ4n) is 2.24. The van der Waals surface area contributed by atoms with Crippen molar-refractivity contribution < 1.29 is 13.3 Å². The van der Waals surface area contributed by atoms with Gasteiger partial charge in [-0.3, -0.25) is 0 Å². The summed E-state index contributed by atoms with van der Waals surface area (Å²) in [6.07, 6.45) is 3.30. The SMILES string of the molecule is CCCC(CC(C)(C)C)[Si](OC)(OC)OC. The number of hydrogen-bond donors (Lipinski definition) is 0. The molecule has 0 N–H and O–H groups in total. The second-order valence-corrected chi connectivity index (χ2v) is 8.71. The number of hydrogen-bond acceptors (Lipinski definition) is 3. The summed E-state index contributed by atoms with van der Waals surface area (Å²) < 4.78 is 16.8. The van der Waals surface area contributed by atoms with Crippen LogP contribution in [0.4, 0.5) is 0 Å². The monoisotopic (exact) mass is 248 g/mol. The van der Waals surface area contributed by atoms with Gasteiger partial charge in [0.15, 0.2) is 0 Å². The molecule has 0 aliphatic heterocycles. The zero-order valence-corrected chi connectivity index (χ0v) is 12.9. The van der Waals surface area contributed by atoms with Crippen LogP contribution in [0, 0.1) is 5.41 Å². The Balaban J connectivity index is 4.84. The van der Waals surface area contributed by atoms with Crippen molar-refractivity contribution in [2.75, 3.05) is 21.3 Å². The fraction of sp³-hybridized carbons (Fsp3) is 1.00. The summed E-state index contributed by atoms with van der Waals surface area (Å²) in [7, 11) is 2.62. The van der Waals surface area contributed by atoms with Crippen molar-refractivity contribution in [2.24, 2.45) is 5.41 Å². The maximum atomic E-state index is 5.59. The third-order valence-corrected chi connectivity index (χ3v) is 6.05. The Kier molecular flexibility index (Phi) is 6.78. The average Bonchev–Trinajstić information content (AvgIpc) is 2.19. The Bertz CT molecular complexity index is 177. The molecule has 98 valence electrons. The molecule has 0 bridgehead atoms. The fourth-order valence-corrected chi connectivity index (χ4v) is 5.25. The van der Waals surface area contributed by atoms with Gasteiger partial charge in [0.1, 0.15) is 0 Å². The summed E-state index contributed by atoms with van der Waals surface area (Å²) in [5, 5.41) is 0. The summed E-state index contributed by atoms with van der Waals surface area (Å²) in [6.45, 7) is 8.93. The highest BCUT2D eigenvalue weighted by atomic mass is 28.4. The van der Waals surface area contributed by atoms with Crippen molar-refractivity contribution in [3.8, 4) is 0 Å². The van der Waals surface area contributed by atoms with Crippen molar-refractivity contribution in [1.82, 2.24) is 0 Å². The molecule has 16 heavy (non-hydrogen) atoms. The minimum atomic E-state index is -2.48.